The highest BCUT2D eigenvalue weighted by Crippen LogP contribution is 2.33. The molecule has 2 aromatic rings. The summed E-state index contributed by atoms with van der Waals surface area (Å²) in [5, 5.41) is 19.9. The van der Waals surface area contributed by atoms with Gasteiger partial charge in [0, 0.05) is 0 Å². The molecule has 0 amide bonds. The minimum absolute atomic E-state index is 0.0313. The number of nitrogens with zero attached hydrogens (tertiary/aromatic N) is 1. The predicted molar refractivity (Wildman–Crippen MR) is 70.2 cm³/mol. The van der Waals surface area contributed by atoms with E-state index in [0.29, 0.717) is 11.3 Å². The average molecular weight is 277 g/mol. The fourth-order valence-corrected chi connectivity index (χ4v) is 1.76. The van der Waals surface area contributed by atoms with Crippen molar-refractivity contribution in [1.82, 2.24) is 0 Å². The van der Waals surface area contributed by atoms with E-state index in [0.717, 1.165) is 17.7 Å². The van der Waals surface area contributed by atoms with Crippen molar-refractivity contribution < 1.29 is 19.2 Å². The molecule has 0 fully saturated rings. The maximum atomic E-state index is 13.0. The SMILES string of the molecule is Cc1cc(CO)ccc1Oc1ccc(F)cc1[N+](=O)[O-]. The summed E-state index contributed by atoms with van der Waals surface area (Å²) in [4.78, 5) is 10.2. The molecule has 0 aliphatic heterocycles. The molecule has 2 aromatic carbocycles. The number of hydrogen-bond donors (Lipinski definition) is 1. The van der Waals surface area contributed by atoms with Crippen LogP contribution in [0.2, 0.25) is 0 Å². The molecular formula is C14H12FNO4. The van der Waals surface area contributed by atoms with Gasteiger partial charge >= 0.3 is 5.69 Å². The molecule has 5 nitrogen and oxygen atoms in total. The van der Waals surface area contributed by atoms with Gasteiger partial charge in [-0.2, -0.15) is 0 Å². The second kappa shape index (κ2) is 5.66. The molecule has 0 saturated heterocycles. The Kier molecular flexibility index (Phi) is 3.95. The van der Waals surface area contributed by atoms with Crippen molar-refractivity contribution in [1.29, 1.82) is 0 Å². The van der Waals surface area contributed by atoms with Crippen molar-refractivity contribution >= 4 is 5.69 Å². The monoisotopic (exact) mass is 277 g/mol. The van der Waals surface area contributed by atoms with Gasteiger partial charge in [0.1, 0.15) is 11.6 Å². The van der Waals surface area contributed by atoms with E-state index in [1.165, 1.54) is 6.07 Å². The quantitative estimate of drug-likeness (QED) is 0.687. The van der Waals surface area contributed by atoms with Gasteiger partial charge in [0.15, 0.2) is 0 Å². The van der Waals surface area contributed by atoms with Crippen LogP contribution in [-0.2, 0) is 6.61 Å². The molecule has 0 atom stereocenters. The molecule has 0 radical (unpaired) electrons. The summed E-state index contributed by atoms with van der Waals surface area (Å²) in [6, 6.07) is 8.09. The second-order valence-electron chi connectivity index (χ2n) is 4.23. The Morgan fingerprint density at radius 3 is 2.55 bits per heavy atom. The van der Waals surface area contributed by atoms with Gasteiger partial charge in [-0.1, -0.05) is 12.1 Å². The normalized spacial score (nSPS) is 10.3. The van der Waals surface area contributed by atoms with E-state index in [4.69, 9.17) is 9.84 Å². The number of benzene rings is 2. The van der Waals surface area contributed by atoms with E-state index in [1.807, 2.05) is 0 Å². The average Bonchev–Trinajstić information content (AvgIpc) is 2.42. The number of ether oxygens (including phenoxy) is 1. The van der Waals surface area contributed by atoms with Gasteiger partial charge < -0.3 is 9.84 Å². The van der Waals surface area contributed by atoms with Gasteiger partial charge in [-0.3, -0.25) is 10.1 Å². The summed E-state index contributed by atoms with van der Waals surface area (Å²) in [6.45, 7) is 1.65. The third-order valence-corrected chi connectivity index (χ3v) is 2.76. The van der Waals surface area contributed by atoms with Gasteiger partial charge in [0.05, 0.1) is 17.6 Å². The molecule has 0 aliphatic rings. The third kappa shape index (κ3) is 2.92. The first-order chi connectivity index (χ1) is 9.51. The number of halogens is 1. The zero-order valence-electron chi connectivity index (χ0n) is 10.7. The smallest absolute Gasteiger partial charge is 0.314 e. The van der Waals surface area contributed by atoms with Crippen LogP contribution in [0.1, 0.15) is 11.1 Å². The van der Waals surface area contributed by atoms with Crippen LogP contribution >= 0.6 is 0 Å². The lowest BCUT2D eigenvalue weighted by atomic mass is 10.1. The largest absolute Gasteiger partial charge is 0.450 e. The van der Waals surface area contributed by atoms with E-state index < -0.39 is 16.4 Å². The molecule has 0 heterocycles. The molecule has 6 heteroatoms. The highest BCUT2D eigenvalue weighted by molar-refractivity contribution is 5.50. The topological polar surface area (TPSA) is 72.6 Å². The van der Waals surface area contributed by atoms with Gasteiger partial charge in [0.2, 0.25) is 5.75 Å². The first-order valence-electron chi connectivity index (χ1n) is 5.83. The molecule has 0 aliphatic carbocycles. The van der Waals surface area contributed by atoms with Crippen LogP contribution in [0, 0.1) is 22.9 Å². The Bertz CT molecular complexity index is 658. The fraction of sp³-hybridized carbons (Fsp3) is 0.143. The maximum absolute atomic E-state index is 13.0. The Morgan fingerprint density at radius 1 is 1.25 bits per heavy atom. The zero-order chi connectivity index (χ0) is 14.7. The van der Waals surface area contributed by atoms with Crippen molar-refractivity contribution in [2.75, 3.05) is 0 Å². The van der Waals surface area contributed by atoms with Gasteiger partial charge in [-0.15, -0.1) is 0 Å². The van der Waals surface area contributed by atoms with Crippen molar-refractivity contribution in [3.05, 3.63) is 63.5 Å². The molecule has 2 rings (SSSR count). The fourth-order valence-electron chi connectivity index (χ4n) is 1.76. The van der Waals surface area contributed by atoms with Crippen molar-refractivity contribution in [3.8, 4) is 11.5 Å². The molecule has 0 saturated carbocycles. The van der Waals surface area contributed by atoms with Crippen LogP contribution in [0.3, 0.4) is 0 Å². The Labute approximate surface area is 114 Å². The van der Waals surface area contributed by atoms with Crippen molar-refractivity contribution in [3.63, 3.8) is 0 Å². The molecule has 0 bridgehead atoms. The molecule has 20 heavy (non-hydrogen) atoms. The number of rotatable bonds is 4. The van der Waals surface area contributed by atoms with E-state index in [2.05, 4.69) is 0 Å². The van der Waals surface area contributed by atoms with Gasteiger partial charge in [0.25, 0.3) is 0 Å². The number of aliphatic hydroxyl groups is 1. The number of nitro groups is 1. The zero-order valence-corrected chi connectivity index (χ0v) is 10.7. The van der Waals surface area contributed by atoms with Crippen LogP contribution in [-0.4, -0.2) is 10.0 Å². The van der Waals surface area contributed by atoms with Crippen molar-refractivity contribution in [2.45, 2.75) is 13.5 Å². The first-order valence-corrected chi connectivity index (χ1v) is 5.83. The number of hydrogen-bond acceptors (Lipinski definition) is 4. The summed E-state index contributed by atoms with van der Waals surface area (Å²) in [5.74, 6) is -0.315. The Balaban J connectivity index is 2.37. The maximum Gasteiger partial charge on any atom is 0.314 e. The predicted octanol–water partition coefficient (Wildman–Crippen LogP) is 3.33. The van der Waals surface area contributed by atoms with E-state index >= 15 is 0 Å². The standard InChI is InChI=1S/C14H12FNO4/c1-9-6-10(8-17)2-4-13(9)20-14-5-3-11(15)7-12(14)16(18)19/h2-7,17H,8H2,1H3. The highest BCUT2D eigenvalue weighted by atomic mass is 19.1. The first kappa shape index (κ1) is 14.0. The van der Waals surface area contributed by atoms with Crippen LogP contribution in [0.15, 0.2) is 36.4 Å². The van der Waals surface area contributed by atoms with E-state index in [9.17, 15) is 14.5 Å². The Morgan fingerprint density at radius 2 is 1.95 bits per heavy atom. The van der Waals surface area contributed by atoms with Crippen LogP contribution < -0.4 is 4.74 Å². The van der Waals surface area contributed by atoms with E-state index in [-0.39, 0.29) is 12.4 Å². The van der Waals surface area contributed by atoms with Crippen LogP contribution in [0.25, 0.3) is 0 Å². The molecule has 0 aromatic heterocycles. The minimum Gasteiger partial charge on any atom is -0.450 e. The minimum atomic E-state index is -0.699. The van der Waals surface area contributed by atoms with Gasteiger partial charge in [-0.25, -0.2) is 4.39 Å². The van der Waals surface area contributed by atoms with Crippen LogP contribution in [0.4, 0.5) is 10.1 Å². The lowest BCUT2D eigenvalue weighted by molar-refractivity contribution is -0.385. The number of nitro benzene ring substituents is 1. The molecule has 104 valence electrons. The van der Waals surface area contributed by atoms with E-state index in [1.54, 1.807) is 25.1 Å². The summed E-state index contributed by atoms with van der Waals surface area (Å²) in [6.07, 6.45) is 0. The second-order valence-corrected chi connectivity index (χ2v) is 4.23. The highest BCUT2D eigenvalue weighted by Gasteiger charge is 2.17. The Hall–Kier alpha value is -2.47. The third-order valence-electron chi connectivity index (χ3n) is 2.76. The molecule has 1 N–H and O–H groups in total. The lowest BCUT2D eigenvalue weighted by Gasteiger charge is -2.10. The summed E-state index contributed by atoms with van der Waals surface area (Å²) in [5.41, 5.74) is 0.995. The number of aliphatic hydroxyl groups excluding tert-OH is 1. The van der Waals surface area contributed by atoms with Crippen LogP contribution in [0.5, 0.6) is 11.5 Å². The number of aryl methyl sites for hydroxylation is 1. The van der Waals surface area contributed by atoms with Gasteiger partial charge in [-0.05, 0) is 36.2 Å². The molecule has 0 spiro atoms. The summed E-state index contributed by atoms with van der Waals surface area (Å²) < 4.78 is 18.5. The van der Waals surface area contributed by atoms with Crippen molar-refractivity contribution in [2.24, 2.45) is 0 Å². The summed E-state index contributed by atoms with van der Waals surface area (Å²) >= 11 is 0. The molecule has 0 unspecified atom stereocenters. The summed E-state index contributed by atoms with van der Waals surface area (Å²) in [7, 11) is 0. The molecular weight excluding hydrogens is 265 g/mol. The lowest BCUT2D eigenvalue weighted by Crippen LogP contribution is -1.96.